The van der Waals surface area contributed by atoms with E-state index in [-0.39, 0.29) is 6.79 Å². The maximum absolute atomic E-state index is 5.83. The molecule has 7 rings (SSSR count). The lowest BCUT2D eigenvalue weighted by Crippen LogP contribution is -2.38. The number of fused-ring (bicyclic) bond motifs is 4. The van der Waals surface area contributed by atoms with Gasteiger partial charge in [-0.25, -0.2) is 0 Å². The Morgan fingerprint density at radius 3 is 2.50 bits per heavy atom. The summed E-state index contributed by atoms with van der Waals surface area (Å²) in [5, 5.41) is 9.48. The van der Waals surface area contributed by atoms with Gasteiger partial charge < -0.3 is 24.3 Å². The van der Waals surface area contributed by atoms with Crippen LogP contribution in [0, 0.1) is 0 Å². The van der Waals surface area contributed by atoms with Gasteiger partial charge in [-0.1, -0.05) is 0 Å². The summed E-state index contributed by atoms with van der Waals surface area (Å²) in [5.41, 5.74) is 4.48. The number of aryl methyl sites for hydroxylation is 2. The largest absolute Gasteiger partial charge is 0.497 e. The SMILES string of the molecule is COc1ccc(Nc2c(OC)ccc3c2c[n+]2c4c3ccc3c5c(cc(c34)CC2)OCO5)cc1. The Hall–Kier alpha value is -4.19. The molecule has 0 saturated heterocycles. The van der Waals surface area contributed by atoms with Gasteiger partial charge in [0.2, 0.25) is 12.3 Å². The number of pyridine rings is 1. The van der Waals surface area contributed by atoms with Crippen LogP contribution in [0.4, 0.5) is 11.4 Å². The topological polar surface area (TPSA) is 52.8 Å². The quantitative estimate of drug-likeness (QED) is 0.290. The molecule has 2 aliphatic rings. The number of nitrogens with one attached hydrogen (secondary N) is 1. The fourth-order valence-corrected chi connectivity index (χ4v) is 5.38. The van der Waals surface area contributed by atoms with Gasteiger partial charge in [0.25, 0.3) is 0 Å². The van der Waals surface area contributed by atoms with Gasteiger partial charge in [-0.2, -0.15) is 4.57 Å². The maximum atomic E-state index is 5.83. The molecular weight excluding hydrogens is 428 g/mol. The van der Waals surface area contributed by atoms with E-state index in [9.17, 15) is 0 Å². The highest BCUT2D eigenvalue weighted by Crippen LogP contribution is 2.46. The first-order chi connectivity index (χ1) is 16.7. The van der Waals surface area contributed by atoms with E-state index in [1.54, 1.807) is 14.2 Å². The zero-order valence-corrected chi connectivity index (χ0v) is 19.0. The molecule has 0 saturated carbocycles. The summed E-state index contributed by atoms with van der Waals surface area (Å²) < 4.78 is 25.0. The van der Waals surface area contributed by atoms with Crippen molar-refractivity contribution in [3.05, 3.63) is 66.4 Å². The Balaban J connectivity index is 1.50. The Morgan fingerprint density at radius 1 is 0.853 bits per heavy atom. The first-order valence-electron chi connectivity index (χ1n) is 11.4. The minimum absolute atomic E-state index is 0.282. The van der Waals surface area contributed by atoms with E-state index in [2.05, 4.69) is 40.3 Å². The molecule has 0 aliphatic carbocycles. The summed E-state index contributed by atoms with van der Waals surface area (Å²) >= 11 is 0. The summed E-state index contributed by atoms with van der Waals surface area (Å²) in [5.74, 6) is 3.33. The second-order valence-electron chi connectivity index (χ2n) is 8.68. The zero-order chi connectivity index (χ0) is 22.8. The minimum Gasteiger partial charge on any atom is -0.497 e. The summed E-state index contributed by atoms with van der Waals surface area (Å²) in [6, 6.07) is 18.6. The summed E-state index contributed by atoms with van der Waals surface area (Å²) in [6.07, 6.45) is 3.19. The van der Waals surface area contributed by atoms with Crippen molar-refractivity contribution in [2.75, 3.05) is 26.3 Å². The lowest BCUT2D eigenvalue weighted by molar-refractivity contribution is -0.670. The number of anilines is 2. The van der Waals surface area contributed by atoms with E-state index in [1.807, 2.05) is 30.3 Å². The van der Waals surface area contributed by atoms with Crippen molar-refractivity contribution in [2.24, 2.45) is 0 Å². The normalized spacial score (nSPS) is 13.7. The summed E-state index contributed by atoms with van der Waals surface area (Å²) in [6.45, 7) is 1.18. The Kier molecular flexibility index (Phi) is 4.06. The van der Waals surface area contributed by atoms with Crippen LogP contribution in [-0.2, 0) is 13.0 Å². The number of hydrogen-bond acceptors (Lipinski definition) is 5. The number of nitrogens with zero attached hydrogens (tertiary/aromatic N) is 1. The van der Waals surface area contributed by atoms with E-state index in [1.165, 1.54) is 27.2 Å². The van der Waals surface area contributed by atoms with Crippen LogP contribution in [0.15, 0.2) is 60.8 Å². The maximum Gasteiger partial charge on any atom is 0.231 e. The highest BCUT2D eigenvalue weighted by molar-refractivity contribution is 6.18. The van der Waals surface area contributed by atoms with Crippen molar-refractivity contribution in [3.63, 3.8) is 0 Å². The van der Waals surface area contributed by atoms with E-state index < -0.39 is 0 Å². The smallest absolute Gasteiger partial charge is 0.231 e. The second kappa shape index (κ2) is 7.15. The van der Waals surface area contributed by atoms with Gasteiger partial charge in [0.1, 0.15) is 11.5 Å². The molecule has 168 valence electrons. The van der Waals surface area contributed by atoms with Crippen molar-refractivity contribution in [3.8, 4) is 23.0 Å². The third kappa shape index (κ3) is 2.65. The van der Waals surface area contributed by atoms with E-state index in [0.29, 0.717) is 0 Å². The van der Waals surface area contributed by atoms with Crippen LogP contribution in [0.5, 0.6) is 23.0 Å². The van der Waals surface area contributed by atoms with Crippen molar-refractivity contribution in [1.29, 1.82) is 0 Å². The van der Waals surface area contributed by atoms with E-state index in [4.69, 9.17) is 18.9 Å². The molecule has 0 radical (unpaired) electrons. The number of aromatic nitrogens is 1. The third-order valence-electron chi connectivity index (χ3n) is 6.96. The minimum atomic E-state index is 0.282. The molecule has 0 unspecified atom stereocenters. The molecule has 0 spiro atoms. The predicted octanol–water partition coefficient (Wildman–Crippen LogP) is 5.48. The first kappa shape index (κ1) is 19.3. The van der Waals surface area contributed by atoms with Crippen molar-refractivity contribution >= 4 is 43.8 Å². The first-order valence-corrected chi connectivity index (χ1v) is 11.4. The molecule has 5 aromatic rings. The third-order valence-corrected chi connectivity index (χ3v) is 6.96. The molecule has 6 nitrogen and oxygen atoms in total. The molecule has 0 bridgehead atoms. The average Bonchev–Trinajstić information content (AvgIpc) is 3.36. The molecule has 3 heterocycles. The van der Waals surface area contributed by atoms with Gasteiger partial charge in [-0.15, -0.1) is 0 Å². The summed E-state index contributed by atoms with van der Waals surface area (Å²) in [4.78, 5) is 0. The van der Waals surface area contributed by atoms with Crippen molar-refractivity contribution < 1.29 is 23.5 Å². The molecule has 34 heavy (non-hydrogen) atoms. The molecule has 2 aliphatic heterocycles. The molecule has 0 fully saturated rings. The molecule has 0 amide bonds. The second-order valence-corrected chi connectivity index (χ2v) is 8.68. The van der Waals surface area contributed by atoms with Crippen LogP contribution in [-0.4, -0.2) is 21.0 Å². The molecule has 4 aromatic carbocycles. The van der Waals surface area contributed by atoms with Gasteiger partial charge in [-0.3, -0.25) is 0 Å². The molecule has 0 atom stereocenters. The van der Waals surface area contributed by atoms with Crippen LogP contribution >= 0.6 is 0 Å². The van der Waals surface area contributed by atoms with Crippen LogP contribution < -0.4 is 28.8 Å². The predicted molar refractivity (Wildman–Crippen MR) is 132 cm³/mol. The van der Waals surface area contributed by atoms with Gasteiger partial charge >= 0.3 is 0 Å². The monoisotopic (exact) mass is 451 g/mol. The standard InChI is InChI=1S/C28H22N2O4/c1-31-18-5-3-17(4-6-18)29-26-22-14-30-12-11-16-13-24-28(34-15-33-24)21-8-7-20(27(30)25(16)21)19(22)9-10-23(26)32-2/h3-10,13-14H,11-12,15H2,1-2H3/p+1. The highest BCUT2D eigenvalue weighted by Gasteiger charge is 2.29. The number of hydrogen-bond donors (Lipinski definition) is 1. The summed E-state index contributed by atoms with van der Waals surface area (Å²) in [7, 11) is 3.38. The molecular formula is C28H23N2O4+. The number of benzene rings is 4. The Bertz CT molecular complexity index is 1630. The van der Waals surface area contributed by atoms with Crippen LogP contribution in [0.2, 0.25) is 0 Å². The molecule has 6 heteroatoms. The van der Waals surface area contributed by atoms with Gasteiger partial charge in [-0.05, 0) is 60.2 Å². The molecule has 1 N–H and O–H groups in total. The van der Waals surface area contributed by atoms with Crippen LogP contribution in [0.1, 0.15) is 5.56 Å². The van der Waals surface area contributed by atoms with Gasteiger partial charge in [0.15, 0.2) is 24.2 Å². The Labute approximate surface area is 196 Å². The number of ether oxygens (including phenoxy) is 4. The number of rotatable bonds is 4. The van der Waals surface area contributed by atoms with Crippen LogP contribution in [0.25, 0.3) is 32.4 Å². The molecule has 1 aromatic heterocycles. The highest BCUT2D eigenvalue weighted by atomic mass is 16.7. The number of methoxy groups -OCH3 is 2. The van der Waals surface area contributed by atoms with Gasteiger partial charge in [0.05, 0.1) is 36.1 Å². The lowest BCUT2D eigenvalue weighted by atomic mass is 9.92. The van der Waals surface area contributed by atoms with Gasteiger partial charge in [0, 0.05) is 22.9 Å². The fraction of sp³-hybridized carbons (Fsp3) is 0.179. The van der Waals surface area contributed by atoms with E-state index >= 15 is 0 Å². The zero-order valence-electron chi connectivity index (χ0n) is 19.0. The van der Waals surface area contributed by atoms with Crippen molar-refractivity contribution in [2.45, 2.75) is 13.0 Å². The van der Waals surface area contributed by atoms with E-state index in [0.717, 1.165) is 58.1 Å². The average molecular weight is 452 g/mol. The van der Waals surface area contributed by atoms with Crippen molar-refractivity contribution in [1.82, 2.24) is 0 Å². The fourth-order valence-electron chi connectivity index (χ4n) is 5.38. The van der Waals surface area contributed by atoms with Crippen LogP contribution in [0.3, 0.4) is 0 Å². The lowest BCUT2D eigenvalue weighted by Gasteiger charge is -2.19. The Morgan fingerprint density at radius 2 is 1.68 bits per heavy atom.